The second-order valence-electron chi connectivity index (χ2n) is 4.83. The van der Waals surface area contributed by atoms with E-state index in [1.54, 1.807) is 13.8 Å². The van der Waals surface area contributed by atoms with E-state index in [9.17, 15) is 20.3 Å². The van der Waals surface area contributed by atoms with Crippen LogP contribution < -0.4 is 0 Å². The molecule has 8 nitrogen and oxygen atoms in total. The molecule has 2 N–H and O–H groups in total. The first-order valence-electron chi connectivity index (χ1n) is 6.32. The number of phenols is 1. The standard InChI is InChI=1S/C14H11N3O5/c1-6-13(7(2)22-16-6)9-3-10-8(4-12(9)18)14(19)11(5-15-10)17(20)21/h3-5,18H,1-2H3,(H,15,19). The fourth-order valence-corrected chi connectivity index (χ4v) is 2.40. The molecule has 0 saturated carbocycles. The first-order chi connectivity index (χ1) is 10.4. The van der Waals surface area contributed by atoms with E-state index in [-0.39, 0.29) is 11.1 Å². The lowest BCUT2D eigenvalue weighted by atomic mass is 10.0. The Hall–Kier alpha value is -3.16. The van der Waals surface area contributed by atoms with Crippen LogP contribution in [0.2, 0.25) is 0 Å². The van der Waals surface area contributed by atoms with E-state index in [0.29, 0.717) is 28.1 Å². The first-order valence-corrected chi connectivity index (χ1v) is 6.32. The number of benzene rings is 1. The summed E-state index contributed by atoms with van der Waals surface area (Å²) in [6, 6.07) is 2.77. The summed E-state index contributed by atoms with van der Waals surface area (Å²) in [6.07, 6.45) is 0.978. The summed E-state index contributed by atoms with van der Waals surface area (Å²) in [6.45, 7) is 3.44. The molecule has 3 rings (SSSR count). The molecule has 0 unspecified atom stereocenters. The third kappa shape index (κ3) is 1.93. The Morgan fingerprint density at radius 2 is 2.00 bits per heavy atom. The predicted octanol–water partition coefficient (Wildman–Crippen LogP) is 2.83. The normalized spacial score (nSPS) is 11.0. The van der Waals surface area contributed by atoms with E-state index >= 15 is 0 Å². The average molecular weight is 301 g/mol. The van der Waals surface area contributed by atoms with Crippen molar-refractivity contribution in [2.24, 2.45) is 0 Å². The van der Waals surface area contributed by atoms with Crippen LogP contribution in [0.5, 0.6) is 11.5 Å². The van der Waals surface area contributed by atoms with Crippen LogP contribution in [0.3, 0.4) is 0 Å². The number of aromatic nitrogens is 2. The highest BCUT2D eigenvalue weighted by Crippen LogP contribution is 2.40. The van der Waals surface area contributed by atoms with Crippen LogP contribution in [0.15, 0.2) is 22.9 Å². The molecule has 0 spiro atoms. The van der Waals surface area contributed by atoms with Crippen molar-refractivity contribution < 1.29 is 19.7 Å². The van der Waals surface area contributed by atoms with E-state index in [2.05, 4.69) is 10.1 Å². The van der Waals surface area contributed by atoms with Gasteiger partial charge in [-0.1, -0.05) is 5.16 Å². The first kappa shape index (κ1) is 13.8. The molecule has 8 heteroatoms. The van der Waals surface area contributed by atoms with Crippen molar-refractivity contribution in [3.05, 3.63) is 39.9 Å². The van der Waals surface area contributed by atoms with Crippen molar-refractivity contribution in [3.63, 3.8) is 0 Å². The third-order valence-electron chi connectivity index (χ3n) is 3.44. The lowest BCUT2D eigenvalue weighted by molar-refractivity contribution is -0.386. The van der Waals surface area contributed by atoms with Crippen molar-refractivity contribution in [2.75, 3.05) is 0 Å². The Morgan fingerprint density at radius 3 is 2.59 bits per heavy atom. The summed E-state index contributed by atoms with van der Waals surface area (Å²) in [4.78, 5) is 14.1. The second-order valence-corrected chi connectivity index (χ2v) is 4.83. The summed E-state index contributed by atoms with van der Waals surface area (Å²) >= 11 is 0. The van der Waals surface area contributed by atoms with Gasteiger partial charge >= 0.3 is 5.69 Å². The summed E-state index contributed by atoms with van der Waals surface area (Å²) in [5.41, 5.74) is 1.45. The molecular formula is C14H11N3O5. The van der Waals surface area contributed by atoms with Gasteiger partial charge in [-0.3, -0.25) is 10.1 Å². The highest BCUT2D eigenvalue weighted by atomic mass is 16.6. The van der Waals surface area contributed by atoms with Crippen molar-refractivity contribution in [2.45, 2.75) is 13.8 Å². The van der Waals surface area contributed by atoms with Gasteiger partial charge in [-0.2, -0.15) is 0 Å². The van der Waals surface area contributed by atoms with Crippen molar-refractivity contribution in [1.82, 2.24) is 10.1 Å². The van der Waals surface area contributed by atoms with E-state index in [1.807, 2.05) is 0 Å². The van der Waals surface area contributed by atoms with E-state index in [1.165, 1.54) is 12.1 Å². The van der Waals surface area contributed by atoms with Gasteiger partial charge in [0.1, 0.15) is 17.7 Å². The lowest BCUT2D eigenvalue weighted by Crippen LogP contribution is -1.92. The number of hydrogen-bond donors (Lipinski definition) is 2. The number of aryl methyl sites for hydroxylation is 2. The predicted molar refractivity (Wildman–Crippen MR) is 76.7 cm³/mol. The second kappa shape index (κ2) is 4.69. The number of pyridine rings is 1. The number of phenolic OH excluding ortho intramolecular Hbond substituents is 1. The zero-order valence-corrected chi connectivity index (χ0v) is 11.7. The number of fused-ring (bicyclic) bond motifs is 1. The van der Waals surface area contributed by atoms with Gasteiger partial charge in [0.25, 0.3) is 0 Å². The molecule has 0 aliphatic carbocycles. The summed E-state index contributed by atoms with van der Waals surface area (Å²) in [5.74, 6) is -0.159. The number of nitrogens with zero attached hydrogens (tertiary/aromatic N) is 3. The lowest BCUT2D eigenvalue weighted by Gasteiger charge is -2.07. The van der Waals surface area contributed by atoms with Gasteiger partial charge in [0.2, 0.25) is 5.75 Å². The third-order valence-corrected chi connectivity index (χ3v) is 3.44. The molecule has 3 aromatic rings. The van der Waals surface area contributed by atoms with E-state index < -0.39 is 16.4 Å². The maximum absolute atomic E-state index is 10.8. The molecule has 0 aliphatic heterocycles. The van der Waals surface area contributed by atoms with Crippen molar-refractivity contribution in [3.8, 4) is 22.6 Å². The fraction of sp³-hybridized carbons (Fsp3) is 0.143. The molecule has 0 bridgehead atoms. The molecule has 0 radical (unpaired) electrons. The minimum Gasteiger partial charge on any atom is -0.507 e. The number of hydrogen-bond acceptors (Lipinski definition) is 7. The SMILES string of the molecule is Cc1noc(C)c1-c1cc2ncc([N+](=O)[O-])c(O)c2cc1O. The minimum atomic E-state index is -0.735. The Morgan fingerprint density at radius 1 is 1.27 bits per heavy atom. The van der Waals surface area contributed by atoms with Gasteiger partial charge in [0.05, 0.1) is 27.1 Å². The number of rotatable bonds is 2. The Bertz CT molecular complexity index is 897. The van der Waals surface area contributed by atoms with E-state index in [4.69, 9.17) is 4.52 Å². The number of aromatic hydroxyl groups is 2. The summed E-state index contributed by atoms with van der Waals surface area (Å²) in [7, 11) is 0. The molecule has 0 amide bonds. The maximum Gasteiger partial charge on any atom is 0.329 e. The Balaban J connectivity index is 2.31. The zero-order chi connectivity index (χ0) is 16.0. The van der Waals surface area contributed by atoms with Crippen molar-refractivity contribution in [1.29, 1.82) is 0 Å². The van der Waals surface area contributed by atoms with Crippen LogP contribution in [0.4, 0.5) is 5.69 Å². The van der Waals surface area contributed by atoms with Crippen LogP contribution in [0.25, 0.3) is 22.0 Å². The molecule has 22 heavy (non-hydrogen) atoms. The molecule has 0 fully saturated rings. The monoisotopic (exact) mass is 301 g/mol. The molecule has 2 aromatic heterocycles. The maximum atomic E-state index is 10.8. The van der Waals surface area contributed by atoms with Crippen LogP contribution in [-0.4, -0.2) is 25.3 Å². The molecule has 0 atom stereocenters. The van der Waals surface area contributed by atoms with Gasteiger partial charge in [0.15, 0.2) is 0 Å². The van der Waals surface area contributed by atoms with Crippen LogP contribution >= 0.6 is 0 Å². The Kier molecular flexibility index (Phi) is 2.94. The van der Waals surface area contributed by atoms with E-state index in [0.717, 1.165) is 6.20 Å². The smallest absolute Gasteiger partial charge is 0.329 e. The minimum absolute atomic E-state index is 0.0993. The van der Waals surface area contributed by atoms with Crippen molar-refractivity contribution >= 4 is 16.6 Å². The molecular weight excluding hydrogens is 290 g/mol. The quantitative estimate of drug-likeness (QED) is 0.551. The van der Waals surface area contributed by atoms with Crippen LogP contribution in [-0.2, 0) is 0 Å². The average Bonchev–Trinajstić information content (AvgIpc) is 2.78. The van der Waals surface area contributed by atoms with Gasteiger partial charge < -0.3 is 14.7 Å². The molecule has 112 valence electrons. The van der Waals surface area contributed by atoms with Gasteiger partial charge in [0, 0.05) is 5.56 Å². The van der Waals surface area contributed by atoms with Crippen LogP contribution in [0, 0.1) is 24.0 Å². The highest BCUT2D eigenvalue weighted by Gasteiger charge is 2.21. The van der Waals surface area contributed by atoms with Crippen LogP contribution in [0.1, 0.15) is 11.5 Å². The highest BCUT2D eigenvalue weighted by molar-refractivity contribution is 5.94. The molecule has 1 aromatic carbocycles. The van der Waals surface area contributed by atoms with Gasteiger partial charge in [-0.15, -0.1) is 0 Å². The molecule has 0 aliphatic rings. The molecule has 0 saturated heterocycles. The van der Waals surface area contributed by atoms with Gasteiger partial charge in [-0.05, 0) is 26.0 Å². The summed E-state index contributed by atoms with van der Waals surface area (Å²) < 4.78 is 5.07. The number of nitro groups is 1. The zero-order valence-electron chi connectivity index (χ0n) is 11.7. The Labute approximate surface area is 123 Å². The topological polar surface area (TPSA) is 123 Å². The fourth-order valence-electron chi connectivity index (χ4n) is 2.40. The summed E-state index contributed by atoms with van der Waals surface area (Å²) in [5, 5.41) is 34.9. The van der Waals surface area contributed by atoms with Gasteiger partial charge in [-0.25, -0.2) is 4.98 Å². The molecule has 2 heterocycles. The largest absolute Gasteiger partial charge is 0.507 e.